The van der Waals surface area contributed by atoms with Crippen molar-refractivity contribution in [2.24, 2.45) is 0 Å². The molecule has 148 valence electrons. The van der Waals surface area contributed by atoms with Crippen molar-refractivity contribution in [1.29, 1.82) is 0 Å². The van der Waals surface area contributed by atoms with Crippen molar-refractivity contribution >= 4 is 29.4 Å². The Bertz CT molecular complexity index is 874. The molecule has 0 radical (unpaired) electrons. The maximum atomic E-state index is 13.8. The molecule has 0 fully saturated rings. The lowest BCUT2D eigenvalue weighted by molar-refractivity contribution is -0.117. The second kappa shape index (κ2) is 8.92. The van der Waals surface area contributed by atoms with E-state index in [2.05, 4.69) is 10.6 Å². The van der Waals surface area contributed by atoms with Gasteiger partial charge in [-0.3, -0.25) is 10.1 Å². The number of hydrogen-bond acceptors (Lipinski definition) is 5. The summed E-state index contributed by atoms with van der Waals surface area (Å²) >= 11 is 1.02. The van der Waals surface area contributed by atoms with Crippen LogP contribution in [0.1, 0.15) is 17.7 Å². The van der Waals surface area contributed by atoms with Crippen molar-refractivity contribution in [3.05, 3.63) is 53.6 Å². The van der Waals surface area contributed by atoms with Gasteiger partial charge in [-0.05, 0) is 31.2 Å². The van der Waals surface area contributed by atoms with Crippen molar-refractivity contribution in [2.75, 3.05) is 24.3 Å². The Morgan fingerprint density at radius 3 is 2.50 bits per heavy atom. The van der Waals surface area contributed by atoms with Crippen LogP contribution in [-0.2, 0) is 4.79 Å². The number of halogens is 2. The Hall–Kier alpha value is -2.81. The van der Waals surface area contributed by atoms with Crippen molar-refractivity contribution in [3.8, 4) is 11.5 Å². The van der Waals surface area contributed by atoms with Crippen molar-refractivity contribution in [3.63, 3.8) is 0 Å². The predicted octanol–water partition coefficient (Wildman–Crippen LogP) is 3.88. The van der Waals surface area contributed by atoms with Crippen molar-refractivity contribution in [2.45, 2.75) is 12.2 Å². The van der Waals surface area contributed by atoms with Gasteiger partial charge in [-0.25, -0.2) is 13.6 Å². The van der Waals surface area contributed by atoms with E-state index in [0.717, 1.165) is 23.9 Å². The number of anilines is 1. The molecule has 1 aliphatic heterocycles. The summed E-state index contributed by atoms with van der Waals surface area (Å²) in [6.07, 6.45) is 0. The number of hydrogen-bond donors (Lipinski definition) is 2. The summed E-state index contributed by atoms with van der Waals surface area (Å²) in [7, 11) is 0. The number of thioether (sulfide) groups is 1. The molecule has 2 N–H and O–H groups in total. The lowest BCUT2D eigenvalue weighted by atomic mass is 10.1. The van der Waals surface area contributed by atoms with Gasteiger partial charge in [0.2, 0.25) is 5.91 Å². The number of rotatable bonds is 5. The maximum absolute atomic E-state index is 13.8. The number of amides is 3. The van der Waals surface area contributed by atoms with Crippen LogP contribution < -0.4 is 20.1 Å². The first-order chi connectivity index (χ1) is 13.4. The quantitative estimate of drug-likeness (QED) is 0.785. The van der Waals surface area contributed by atoms with Crippen molar-refractivity contribution in [1.82, 2.24) is 5.32 Å². The van der Waals surface area contributed by atoms with Gasteiger partial charge in [0.1, 0.15) is 24.8 Å². The summed E-state index contributed by atoms with van der Waals surface area (Å²) in [5.74, 6) is -0.966. The average Bonchev–Trinajstić information content (AvgIpc) is 2.66. The zero-order valence-corrected chi connectivity index (χ0v) is 15.8. The summed E-state index contributed by atoms with van der Waals surface area (Å²) < 4.78 is 38.3. The van der Waals surface area contributed by atoms with Crippen molar-refractivity contribution < 1.29 is 27.8 Å². The first-order valence-corrected chi connectivity index (χ1v) is 9.55. The third kappa shape index (κ3) is 4.92. The first kappa shape index (κ1) is 19.9. The zero-order valence-electron chi connectivity index (χ0n) is 15.0. The molecular weight excluding hydrogens is 390 g/mol. The highest BCUT2D eigenvalue weighted by molar-refractivity contribution is 8.00. The van der Waals surface area contributed by atoms with E-state index in [1.807, 2.05) is 0 Å². The molecule has 0 saturated carbocycles. The molecule has 1 unspecified atom stereocenters. The van der Waals surface area contributed by atoms with Crippen LogP contribution in [0.4, 0.5) is 19.3 Å². The van der Waals surface area contributed by atoms with E-state index in [9.17, 15) is 18.4 Å². The van der Waals surface area contributed by atoms with E-state index in [4.69, 9.17) is 9.47 Å². The monoisotopic (exact) mass is 408 g/mol. The second-order valence-corrected chi connectivity index (χ2v) is 7.28. The fourth-order valence-corrected chi connectivity index (χ4v) is 3.49. The van der Waals surface area contributed by atoms with Gasteiger partial charge in [-0.2, -0.15) is 0 Å². The number of carbonyl (C=O) groups excluding carboxylic acids is 2. The highest BCUT2D eigenvalue weighted by Gasteiger charge is 2.18. The van der Waals surface area contributed by atoms with E-state index in [0.29, 0.717) is 30.4 Å². The SMILES string of the molecule is CC(SCC(=O)NC(=O)Nc1ccc2c(c1)OCCO2)c1c(F)cccc1F. The van der Waals surface area contributed by atoms with Gasteiger partial charge in [0, 0.05) is 22.6 Å². The largest absolute Gasteiger partial charge is 0.486 e. The van der Waals surface area contributed by atoms with Crippen LogP contribution in [0.5, 0.6) is 11.5 Å². The molecule has 3 amide bonds. The molecule has 0 spiro atoms. The van der Waals surface area contributed by atoms with Gasteiger partial charge in [0.25, 0.3) is 0 Å². The molecule has 0 bridgehead atoms. The predicted molar refractivity (Wildman–Crippen MR) is 102 cm³/mol. The molecule has 2 aromatic rings. The molecule has 1 aliphatic rings. The maximum Gasteiger partial charge on any atom is 0.325 e. The topological polar surface area (TPSA) is 76.7 Å². The smallest absolute Gasteiger partial charge is 0.325 e. The Morgan fingerprint density at radius 2 is 1.79 bits per heavy atom. The van der Waals surface area contributed by atoms with E-state index in [1.54, 1.807) is 25.1 Å². The third-order valence-electron chi connectivity index (χ3n) is 3.92. The van der Waals surface area contributed by atoms with Gasteiger partial charge in [0.05, 0.1) is 5.75 Å². The molecule has 0 saturated heterocycles. The Kier molecular flexibility index (Phi) is 6.35. The summed E-state index contributed by atoms with van der Waals surface area (Å²) in [4.78, 5) is 23.9. The van der Waals surface area contributed by atoms with E-state index in [-0.39, 0.29) is 11.3 Å². The van der Waals surface area contributed by atoms with E-state index in [1.165, 1.54) is 6.07 Å². The van der Waals surface area contributed by atoms with Crippen LogP contribution in [0.3, 0.4) is 0 Å². The van der Waals surface area contributed by atoms with Gasteiger partial charge in [0.15, 0.2) is 11.5 Å². The van der Waals surface area contributed by atoms with Crippen LogP contribution in [-0.4, -0.2) is 30.9 Å². The van der Waals surface area contributed by atoms with Gasteiger partial charge in [-0.1, -0.05) is 6.07 Å². The van der Waals surface area contributed by atoms with Gasteiger partial charge < -0.3 is 14.8 Å². The molecule has 9 heteroatoms. The molecule has 0 aromatic heterocycles. The molecule has 3 rings (SSSR count). The summed E-state index contributed by atoms with van der Waals surface area (Å²) in [5, 5.41) is 4.11. The van der Waals surface area contributed by atoms with Crippen LogP contribution in [0.15, 0.2) is 36.4 Å². The number of fused-ring (bicyclic) bond motifs is 1. The molecule has 1 heterocycles. The summed E-state index contributed by atoms with van der Waals surface area (Å²) in [6.45, 7) is 2.47. The number of ether oxygens (including phenoxy) is 2. The third-order valence-corrected chi connectivity index (χ3v) is 5.09. The Balaban J connectivity index is 1.50. The van der Waals surface area contributed by atoms with Gasteiger partial charge in [-0.15, -0.1) is 11.8 Å². The molecule has 0 aliphatic carbocycles. The van der Waals surface area contributed by atoms with Crippen LogP contribution in [0, 0.1) is 11.6 Å². The molecule has 2 aromatic carbocycles. The first-order valence-electron chi connectivity index (χ1n) is 8.50. The lowest BCUT2D eigenvalue weighted by Gasteiger charge is -2.19. The fourth-order valence-electron chi connectivity index (χ4n) is 2.63. The normalized spacial score (nSPS) is 13.5. The summed E-state index contributed by atoms with van der Waals surface area (Å²) in [5.41, 5.74) is 0.338. The molecule has 6 nitrogen and oxygen atoms in total. The highest BCUT2D eigenvalue weighted by atomic mass is 32.2. The van der Waals surface area contributed by atoms with Crippen LogP contribution in [0.25, 0.3) is 0 Å². The van der Waals surface area contributed by atoms with Crippen LogP contribution >= 0.6 is 11.8 Å². The zero-order chi connectivity index (χ0) is 20.1. The molecular formula is C19H18F2N2O4S. The lowest BCUT2D eigenvalue weighted by Crippen LogP contribution is -2.35. The molecule has 1 atom stereocenters. The van der Waals surface area contributed by atoms with Crippen LogP contribution in [0.2, 0.25) is 0 Å². The Morgan fingerprint density at radius 1 is 1.11 bits per heavy atom. The Labute approximate surface area is 164 Å². The average molecular weight is 408 g/mol. The molecule has 28 heavy (non-hydrogen) atoms. The number of imide groups is 1. The number of nitrogens with one attached hydrogen (secondary N) is 2. The number of urea groups is 1. The fraction of sp³-hybridized carbons (Fsp3) is 0.263. The minimum atomic E-state index is -0.716. The minimum absolute atomic E-state index is 0.0963. The number of carbonyl (C=O) groups is 2. The minimum Gasteiger partial charge on any atom is -0.486 e. The standard InChI is InChI=1S/C19H18F2N2O4S/c1-11(18-13(20)3-2-4-14(18)21)28-10-17(24)23-19(25)22-12-5-6-15-16(9-12)27-8-7-26-15/h2-6,9,11H,7-8,10H2,1H3,(H2,22,23,24,25). The summed E-state index contributed by atoms with van der Waals surface area (Å²) in [6, 6.07) is 7.76. The number of benzene rings is 2. The van der Waals surface area contributed by atoms with E-state index < -0.39 is 28.8 Å². The highest BCUT2D eigenvalue weighted by Crippen LogP contribution is 2.33. The second-order valence-electron chi connectivity index (χ2n) is 5.95. The van der Waals surface area contributed by atoms with E-state index >= 15 is 0 Å². The van der Waals surface area contributed by atoms with Gasteiger partial charge >= 0.3 is 6.03 Å².